The Morgan fingerprint density at radius 3 is 2.42 bits per heavy atom. The topological polar surface area (TPSA) is 90.9 Å². The van der Waals surface area contributed by atoms with E-state index in [0.29, 0.717) is 11.3 Å². The summed E-state index contributed by atoms with van der Waals surface area (Å²) < 4.78 is 15.0. The molecule has 0 saturated carbocycles. The van der Waals surface area contributed by atoms with Gasteiger partial charge in [-0.15, -0.1) is 0 Å². The Hall–Kier alpha value is -2.57. The predicted molar refractivity (Wildman–Crippen MR) is 87.1 cm³/mol. The third-order valence-corrected chi connectivity index (χ3v) is 2.77. The first-order valence-corrected chi connectivity index (χ1v) is 7.51. The third-order valence-electron chi connectivity index (χ3n) is 2.77. The summed E-state index contributed by atoms with van der Waals surface area (Å²) in [4.78, 5) is 35.0. The van der Waals surface area contributed by atoms with Crippen LogP contribution < -0.4 is 10.1 Å². The summed E-state index contributed by atoms with van der Waals surface area (Å²) in [6.07, 6.45) is -0.668. The average molecular weight is 337 g/mol. The summed E-state index contributed by atoms with van der Waals surface area (Å²) in [6.45, 7) is 4.90. The van der Waals surface area contributed by atoms with Crippen LogP contribution in [0.25, 0.3) is 0 Å². The molecule has 0 spiro atoms. The molecule has 1 amide bonds. The summed E-state index contributed by atoms with van der Waals surface area (Å²) in [5.41, 5.74) is -0.258. The highest BCUT2D eigenvalue weighted by Gasteiger charge is 2.17. The minimum absolute atomic E-state index is 0.0571. The summed E-state index contributed by atoms with van der Waals surface area (Å²) in [6, 6.07) is 6.69. The van der Waals surface area contributed by atoms with Crippen molar-refractivity contribution >= 4 is 17.8 Å². The maximum Gasteiger partial charge on any atom is 0.407 e. The molecule has 1 N–H and O–H groups in total. The number of hydrogen-bond acceptors (Lipinski definition) is 6. The number of esters is 1. The predicted octanol–water partition coefficient (Wildman–Crippen LogP) is 2.34. The lowest BCUT2D eigenvalue weighted by Gasteiger charge is -2.19. The van der Waals surface area contributed by atoms with E-state index in [4.69, 9.17) is 14.2 Å². The normalized spacial score (nSPS) is 10.7. The monoisotopic (exact) mass is 337 g/mol. The highest BCUT2D eigenvalue weighted by Crippen LogP contribution is 2.17. The van der Waals surface area contributed by atoms with Crippen LogP contribution in [0.3, 0.4) is 0 Å². The van der Waals surface area contributed by atoms with E-state index in [-0.39, 0.29) is 25.4 Å². The minimum Gasteiger partial charge on any atom is -0.496 e. The van der Waals surface area contributed by atoms with Crippen LogP contribution in [0.2, 0.25) is 0 Å². The summed E-state index contributed by atoms with van der Waals surface area (Å²) >= 11 is 0. The molecule has 0 radical (unpaired) electrons. The molecular formula is C17H23NO6. The van der Waals surface area contributed by atoms with Gasteiger partial charge in [-0.25, -0.2) is 4.79 Å². The van der Waals surface area contributed by atoms with Crippen molar-refractivity contribution in [1.29, 1.82) is 0 Å². The van der Waals surface area contributed by atoms with E-state index in [1.165, 1.54) is 7.11 Å². The lowest BCUT2D eigenvalue weighted by Crippen LogP contribution is -2.33. The zero-order chi connectivity index (χ0) is 18.2. The number of nitrogens with one attached hydrogen (secondary N) is 1. The van der Waals surface area contributed by atoms with E-state index >= 15 is 0 Å². The largest absolute Gasteiger partial charge is 0.496 e. The molecule has 1 aromatic carbocycles. The van der Waals surface area contributed by atoms with Gasteiger partial charge < -0.3 is 19.5 Å². The fourth-order valence-corrected chi connectivity index (χ4v) is 1.75. The maximum atomic E-state index is 12.0. The smallest absolute Gasteiger partial charge is 0.407 e. The molecule has 0 aliphatic heterocycles. The molecule has 132 valence electrons. The van der Waals surface area contributed by atoms with Crippen LogP contribution in [-0.2, 0) is 14.3 Å². The van der Waals surface area contributed by atoms with E-state index in [0.717, 1.165) is 0 Å². The molecule has 0 unspecified atom stereocenters. The van der Waals surface area contributed by atoms with Gasteiger partial charge in [0.15, 0.2) is 6.61 Å². The molecule has 0 bridgehead atoms. The quantitative estimate of drug-likeness (QED) is 0.606. The molecule has 1 aromatic rings. The van der Waals surface area contributed by atoms with E-state index in [1.54, 1.807) is 45.0 Å². The van der Waals surface area contributed by atoms with Gasteiger partial charge in [0, 0.05) is 6.54 Å². The third kappa shape index (κ3) is 7.13. The van der Waals surface area contributed by atoms with Crippen molar-refractivity contribution in [3.8, 4) is 5.75 Å². The minimum atomic E-state index is -0.611. The van der Waals surface area contributed by atoms with Crippen LogP contribution in [0, 0.1) is 0 Å². The fraction of sp³-hybridized carbons (Fsp3) is 0.471. The number of rotatable bonds is 7. The number of para-hydroxylation sites is 1. The number of alkyl carbamates (subject to hydrolysis) is 1. The van der Waals surface area contributed by atoms with Gasteiger partial charge in [0.05, 0.1) is 19.1 Å². The Labute approximate surface area is 141 Å². The van der Waals surface area contributed by atoms with Gasteiger partial charge in [-0.05, 0) is 32.9 Å². The Morgan fingerprint density at radius 2 is 1.79 bits per heavy atom. The van der Waals surface area contributed by atoms with Gasteiger partial charge in [0.25, 0.3) is 0 Å². The van der Waals surface area contributed by atoms with E-state index in [1.807, 2.05) is 0 Å². The molecule has 0 atom stereocenters. The van der Waals surface area contributed by atoms with Crippen LogP contribution in [-0.4, -0.2) is 43.7 Å². The molecule has 1 rings (SSSR count). The molecule has 0 heterocycles. The number of ether oxygens (including phenoxy) is 3. The van der Waals surface area contributed by atoms with Crippen molar-refractivity contribution in [2.24, 2.45) is 0 Å². The average Bonchev–Trinajstić information content (AvgIpc) is 2.50. The molecular weight excluding hydrogens is 314 g/mol. The van der Waals surface area contributed by atoms with Gasteiger partial charge in [0.1, 0.15) is 11.4 Å². The zero-order valence-corrected chi connectivity index (χ0v) is 14.4. The molecule has 7 heteroatoms. The second-order valence-corrected chi connectivity index (χ2v) is 5.96. The molecule has 24 heavy (non-hydrogen) atoms. The molecule has 0 aromatic heterocycles. The zero-order valence-electron chi connectivity index (χ0n) is 14.4. The first kappa shape index (κ1) is 19.5. The molecule has 7 nitrogen and oxygen atoms in total. The van der Waals surface area contributed by atoms with Crippen molar-refractivity contribution in [3.63, 3.8) is 0 Å². The van der Waals surface area contributed by atoms with E-state index in [2.05, 4.69) is 5.32 Å². The van der Waals surface area contributed by atoms with Crippen LogP contribution in [0.4, 0.5) is 4.79 Å². The number of amides is 1. The second kappa shape index (κ2) is 8.90. The number of hydrogen-bond donors (Lipinski definition) is 1. The number of carbonyl (C=O) groups excluding carboxylic acids is 3. The van der Waals surface area contributed by atoms with Crippen molar-refractivity contribution < 1.29 is 28.6 Å². The number of carbonyl (C=O) groups is 3. The summed E-state index contributed by atoms with van der Waals surface area (Å²) in [5, 5.41) is 2.44. The Kier molecular flexibility index (Phi) is 7.23. The standard InChI is InChI=1S/C17H23NO6/c1-17(2,3)24-16(21)18-10-9-15(20)23-11-13(19)12-7-5-6-8-14(12)22-4/h5-8H,9-11H2,1-4H3,(H,18,21). The van der Waals surface area contributed by atoms with Crippen molar-refractivity contribution in [2.75, 3.05) is 20.3 Å². The van der Waals surface area contributed by atoms with Gasteiger partial charge in [-0.3, -0.25) is 9.59 Å². The van der Waals surface area contributed by atoms with Gasteiger partial charge in [-0.1, -0.05) is 12.1 Å². The number of ketones is 1. The highest BCUT2D eigenvalue weighted by molar-refractivity contribution is 6.00. The second-order valence-electron chi connectivity index (χ2n) is 5.96. The lowest BCUT2D eigenvalue weighted by atomic mass is 10.1. The number of benzene rings is 1. The first-order chi connectivity index (χ1) is 11.2. The van der Waals surface area contributed by atoms with E-state index in [9.17, 15) is 14.4 Å². The molecule has 0 fully saturated rings. The Bertz CT molecular complexity index is 591. The summed E-state index contributed by atoms with van der Waals surface area (Å²) in [5.74, 6) is -0.527. The molecule has 0 aliphatic rings. The van der Waals surface area contributed by atoms with Crippen molar-refractivity contribution in [2.45, 2.75) is 32.8 Å². The Balaban J connectivity index is 2.34. The lowest BCUT2D eigenvalue weighted by molar-refractivity contribution is -0.142. The van der Waals surface area contributed by atoms with Crippen LogP contribution in [0.5, 0.6) is 5.75 Å². The van der Waals surface area contributed by atoms with Crippen LogP contribution in [0.1, 0.15) is 37.6 Å². The SMILES string of the molecule is COc1ccccc1C(=O)COC(=O)CCNC(=O)OC(C)(C)C. The fourth-order valence-electron chi connectivity index (χ4n) is 1.75. The Morgan fingerprint density at radius 1 is 1.12 bits per heavy atom. The molecule has 0 saturated heterocycles. The van der Waals surface area contributed by atoms with Gasteiger partial charge in [0.2, 0.25) is 5.78 Å². The van der Waals surface area contributed by atoms with Crippen LogP contribution >= 0.6 is 0 Å². The van der Waals surface area contributed by atoms with E-state index < -0.39 is 17.7 Å². The van der Waals surface area contributed by atoms with Crippen molar-refractivity contribution in [3.05, 3.63) is 29.8 Å². The number of methoxy groups -OCH3 is 1. The molecule has 0 aliphatic carbocycles. The van der Waals surface area contributed by atoms with Gasteiger partial charge in [-0.2, -0.15) is 0 Å². The summed E-state index contributed by atoms with van der Waals surface area (Å²) in [7, 11) is 1.46. The van der Waals surface area contributed by atoms with Crippen LogP contribution in [0.15, 0.2) is 24.3 Å². The van der Waals surface area contributed by atoms with Gasteiger partial charge >= 0.3 is 12.1 Å². The van der Waals surface area contributed by atoms with Crippen molar-refractivity contribution in [1.82, 2.24) is 5.32 Å². The maximum absolute atomic E-state index is 12.0. The highest BCUT2D eigenvalue weighted by atomic mass is 16.6. The first-order valence-electron chi connectivity index (χ1n) is 7.51. The number of Topliss-reactive ketones (excluding diaryl/α,β-unsaturated/α-hetero) is 1.